The lowest BCUT2D eigenvalue weighted by atomic mass is 10.1. The van der Waals surface area contributed by atoms with E-state index in [9.17, 15) is 8.42 Å². The maximum atomic E-state index is 11.5. The maximum absolute atomic E-state index is 11.5. The summed E-state index contributed by atoms with van der Waals surface area (Å²) in [5, 5.41) is 2.99. The highest BCUT2D eigenvalue weighted by Gasteiger charge is 2.09. The minimum Gasteiger partial charge on any atom is -0.370 e. The minimum absolute atomic E-state index is 0.155. The summed E-state index contributed by atoms with van der Waals surface area (Å²) in [6, 6.07) is 5.84. The summed E-state index contributed by atoms with van der Waals surface area (Å²) in [5.74, 6) is 0.251. The molecule has 0 amide bonds. The SMILES string of the molecule is Cc1cc(C)cc(NC(N)=NCCNS(=O)(=O)NC(C)C)c1. The molecule has 5 N–H and O–H groups in total. The minimum atomic E-state index is -3.48. The Bertz CT molecular complexity index is 606. The predicted molar refractivity (Wildman–Crippen MR) is 91.2 cm³/mol. The molecule has 0 aliphatic carbocycles. The highest BCUT2D eigenvalue weighted by atomic mass is 32.2. The molecular weight excluding hydrogens is 302 g/mol. The van der Waals surface area contributed by atoms with Gasteiger partial charge < -0.3 is 11.1 Å². The first-order chi connectivity index (χ1) is 10.2. The van der Waals surface area contributed by atoms with E-state index in [1.54, 1.807) is 13.8 Å². The van der Waals surface area contributed by atoms with Crippen LogP contribution in [0.4, 0.5) is 5.69 Å². The maximum Gasteiger partial charge on any atom is 0.277 e. The molecule has 0 fully saturated rings. The molecule has 0 aliphatic heterocycles. The van der Waals surface area contributed by atoms with Crippen molar-refractivity contribution in [2.75, 3.05) is 18.4 Å². The molecule has 8 heteroatoms. The van der Waals surface area contributed by atoms with Gasteiger partial charge >= 0.3 is 0 Å². The van der Waals surface area contributed by atoms with E-state index >= 15 is 0 Å². The monoisotopic (exact) mass is 327 g/mol. The van der Waals surface area contributed by atoms with Crippen LogP contribution < -0.4 is 20.5 Å². The fourth-order valence-corrected chi connectivity index (χ4v) is 3.01. The van der Waals surface area contributed by atoms with Gasteiger partial charge in [-0.1, -0.05) is 6.07 Å². The molecule has 0 aromatic heterocycles. The van der Waals surface area contributed by atoms with Gasteiger partial charge in [-0.05, 0) is 51.0 Å². The van der Waals surface area contributed by atoms with Crippen molar-refractivity contribution in [1.29, 1.82) is 0 Å². The first-order valence-electron chi connectivity index (χ1n) is 7.10. The lowest BCUT2D eigenvalue weighted by molar-refractivity contribution is 0.555. The molecule has 1 rings (SSSR count). The Morgan fingerprint density at radius 3 is 2.36 bits per heavy atom. The van der Waals surface area contributed by atoms with Crippen molar-refractivity contribution < 1.29 is 8.42 Å². The standard InChI is InChI=1S/C14H25N5O2S/c1-10(2)19-22(20,21)17-6-5-16-14(15)18-13-8-11(3)7-12(4)9-13/h7-10,17,19H,5-6H2,1-4H3,(H3,15,16,18). The zero-order valence-corrected chi connectivity index (χ0v) is 14.3. The summed E-state index contributed by atoms with van der Waals surface area (Å²) < 4.78 is 27.9. The molecule has 0 radical (unpaired) electrons. The van der Waals surface area contributed by atoms with Crippen LogP contribution in [-0.4, -0.2) is 33.5 Å². The normalized spacial score (nSPS) is 12.7. The predicted octanol–water partition coefficient (Wildman–Crippen LogP) is 0.862. The Kier molecular flexibility index (Phi) is 6.79. The lowest BCUT2D eigenvalue weighted by Gasteiger charge is -2.10. The van der Waals surface area contributed by atoms with Crippen molar-refractivity contribution in [3.63, 3.8) is 0 Å². The quantitative estimate of drug-likeness (QED) is 0.338. The smallest absolute Gasteiger partial charge is 0.277 e. The van der Waals surface area contributed by atoms with E-state index in [1.165, 1.54) is 0 Å². The molecule has 0 atom stereocenters. The van der Waals surface area contributed by atoms with Crippen molar-refractivity contribution in [2.45, 2.75) is 33.7 Å². The Morgan fingerprint density at radius 2 is 1.82 bits per heavy atom. The van der Waals surface area contributed by atoms with Gasteiger partial charge in [0.25, 0.3) is 10.2 Å². The number of aryl methyl sites for hydroxylation is 2. The van der Waals surface area contributed by atoms with Crippen LogP contribution in [0.2, 0.25) is 0 Å². The molecule has 1 aromatic carbocycles. The van der Waals surface area contributed by atoms with E-state index < -0.39 is 10.2 Å². The zero-order valence-electron chi connectivity index (χ0n) is 13.5. The highest BCUT2D eigenvalue weighted by molar-refractivity contribution is 7.87. The van der Waals surface area contributed by atoms with Gasteiger partial charge in [0.1, 0.15) is 0 Å². The second-order valence-corrected chi connectivity index (χ2v) is 6.97. The number of nitrogens with two attached hydrogens (primary N) is 1. The number of aliphatic imine (C=N–C) groups is 1. The molecule has 7 nitrogen and oxygen atoms in total. The molecule has 22 heavy (non-hydrogen) atoms. The Hall–Kier alpha value is -1.64. The summed E-state index contributed by atoms with van der Waals surface area (Å²) >= 11 is 0. The van der Waals surface area contributed by atoms with E-state index in [4.69, 9.17) is 5.73 Å². The van der Waals surface area contributed by atoms with E-state index in [2.05, 4.69) is 25.8 Å². The molecule has 0 heterocycles. The number of anilines is 1. The summed E-state index contributed by atoms with van der Waals surface area (Å²) in [4.78, 5) is 4.09. The van der Waals surface area contributed by atoms with E-state index in [1.807, 2.05) is 26.0 Å². The number of benzene rings is 1. The van der Waals surface area contributed by atoms with Gasteiger partial charge in [-0.2, -0.15) is 13.1 Å². The highest BCUT2D eigenvalue weighted by Crippen LogP contribution is 2.13. The Morgan fingerprint density at radius 1 is 1.23 bits per heavy atom. The first kappa shape index (κ1) is 18.4. The Balaban J connectivity index is 2.46. The summed E-state index contributed by atoms with van der Waals surface area (Å²) in [6.07, 6.45) is 0. The number of nitrogens with zero attached hydrogens (tertiary/aromatic N) is 1. The fraction of sp³-hybridized carbons (Fsp3) is 0.500. The average Bonchev–Trinajstić information content (AvgIpc) is 2.31. The molecule has 0 aliphatic rings. The second-order valence-electron chi connectivity index (χ2n) is 5.44. The van der Waals surface area contributed by atoms with Crippen LogP contribution in [0.1, 0.15) is 25.0 Å². The lowest BCUT2D eigenvalue weighted by Crippen LogP contribution is -2.41. The van der Waals surface area contributed by atoms with Gasteiger partial charge in [-0.25, -0.2) is 4.72 Å². The summed E-state index contributed by atoms with van der Waals surface area (Å²) in [6.45, 7) is 7.94. The number of hydrogen-bond donors (Lipinski definition) is 4. The van der Waals surface area contributed by atoms with Gasteiger partial charge in [0.2, 0.25) is 0 Å². The van der Waals surface area contributed by atoms with Crippen molar-refractivity contribution >= 4 is 21.9 Å². The largest absolute Gasteiger partial charge is 0.370 e. The van der Waals surface area contributed by atoms with E-state index in [0.717, 1.165) is 16.8 Å². The fourth-order valence-electron chi connectivity index (χ4n) is 1.94. The van der Waals surface area contributed by atoms with Crippen LogP contribution in [0.3, 0.4) is 0 Å². The van der Waals surface area contributed by atoms with Gasteiger partial charge in [-0.3, -0.25) is 4.99 Å². The molecule has 0 saturated heterocycles. The topological polar surface area (TPSA) is 109 Å². The van der Waals surface area contributed by atoms with E-state index in [0.29, 0.717) is 0 Å². The molecule has 0 unspecified atom stereocenters. The van der Waals surface area contributed by atoms with Crippen molar-refractivity contribution in [1.82, 2.24) is 9.44 Å². The van der Waals surface area contributed by atoms with E-state index in [-0.39, 0.29) is 25.1 Å². The first-order valence-corrected chi connectivity index (χ1v) is 8.58. The van der Waals surface area contributed by atoms with Gasteiger partial charge in [0.05, 0.1) is 6.54 Å². The molecule has 0 spiro atoms. The van der Waals surface area contributed by atoms with Crippen LogP contribution in [0.25, 0.3) is 0 Å². The van der Waals surface area contributed by atoms with Crippen LogP contribution >= 0.6 is 0 Å². The van der Waals surface area contributed by atoms with Crippen molar-refractivity contribution in [2.24, 2.45) is 10.7 Å². The summed E-state index contributed by atoms with van der Waals surface area (Å²) in [7, 11) is -3.48. The van der Waals surface area contributed by atoms with Gasteiger partial charge in [-0.15, -0.1) is 0 Å². The number of guanidine groups is 1. The number of nitrogens with one attached hydrogen (secondary N) is 3. The third kappa shape index (κ3) is 7.39. The third-order valence-corrected chi connectivity index (χ3v) is 3.94. The van der Waals surface area contributed by atoms with Crippen LogP contribution in [0.5, 0.6) is 0 Å². The Labute approximate surface area is 132 Å². The van der Waals surface area contributed by atoms with Crippen LogP contribution in [0, 0.1) is 13.8 Å². The number of rotatable bonds is 7. The van der Waals surface area contributed by atoms with Gasteiger partial charge in [0.15, 0.2) is 5.96 Å². The zero-order chi connectivity index (χ0) is 16.8. The third-order valence-electron chi connectivity index (χ3n) is 2.57. The molecule has 124 valence electrons. The van der Waals surface area contributed by atoms with Crippen molar-refractivity contribution in [3.8, 4) is 0 Å². The molecule has 0 bridgehead atoms. The van der Waals surface area contributed by atoms with Crippen LogP contribution in [0.15, 0.2) is 23.2 Å². The molecule has 1 aromatic rings. The van der Waals surface area contributed by atoms with Crippen LogP contribution in [-0.2, 0) is 10.2 Å². The molecule has 0 saturated carbocycles. The molecular formula is C14H25N5O2S. The van der Waals surface area contributed by atoms with Crippen molar-refractivity contribution in [3.05, 3.63) is 29.3 Å². The summed E-state index contributed by atoms with van der Waals surface area (Å²) in [5.41, 5.74) is 8.90. The average molecular weight is 327 g/mol. The van der Waals surface area contributed by atoms with Gasteiger partial charge in [0, 0.05) is 18.3 Å². The number of hydrogen-bond acceptors (Lipinski definition) is 3. The second kappa shape index (κ2) is 8.11.